The highest BCUT2D eigenvalue weighted by molar-refractivity contribution is 9.10. The van der Waals surface area contributed by atoms with Gasteiger partial charge in [0.15, 0.2) is 0 Å². The Morgan fingerprint density at radius 3 is 2.45 bits per heavy atom. The predicted molar refractivity (Wildman–Crippen MR) is 127 cm³/mol. The van der Waals surface area contributed by atoms with E-state index in [2.05, 4.69) is 42.1 Å². The summed E-state index contributed by atoms with van der Waals surface area (Å²) < 4.78 is 0.974. The maximum atomic E-state index is 12.9. The Hall–Kier alpha value is -2.78. The molecule has 0 fully saturated rings. The van der Waals surface area contributed by atoms with Crippen molar-refractivity contribution >= 4 is 44.3 Å². The Labute approximate surface area is 193 Å². The third kappa shape index (κ3) is 6.60. The van der Waals surface area contributed by atoms with Crippen LogP contribution in [0.25, 0.3) is 10.6 Å². The molecule has 3 N–H and O–H groups in total. The zero-order valence-corrected chi connectivity index (χ0v) is 19.7. The molecule has 0 bridgehead atoms. The fourth-order valence-corrected chi connectivity index (χ4v) is 3.85. The summed E-state index contributed by atoms with van der Waals surface area (Å²) in [6.45, 7) is 4.29. The first kappa shape index (κ1) is 22.9. The molecule has 0 saturated carbocycles. The van der Waals surface area contributed by atoms with Gasteiger partial charge in [0.1, 0.15) is 11.0 Å². The fourth-order valence-electron chi connectivity index (χ4n) is 2.84. The minimum atomic E-state index is -0.694. The van der Waals surface area contributed by atoms with E-state index in [1.807, 2.05) is 68.4 Å². The van der Waals surface area contributed by atoms with Crippen molar-refractivity contribution in [3.8, 4) is 10.6 Å². The molecule has 0 aliphatic carbocycles. The van der Waals surface area contributed by atoms with Crippen molar-refractivity contribution in [2.45, 2.75) is 32.9 Å². The van der Waals surface area contributed by atoms with Crippen LogP contribution < -0.4 is 16.0 Å². The number of hydrogen-bond donors (Lipinski definition) is 3. The van der Waals surface area contributed by atoms with Crippen molar-refractivity contribution in [3.63, 3.8) is 0 Å². The molecule has 0 spiro atoms. The lowest BCUT2D eigenvalue weighted by Crippen LogP contribution is -2.50. The molecule has 1 heterocycles. The number of carbonyl (C=O) groups is 2. The van der Waals surface area contributed by atoms with Gasteiger partial charge in [0.25, 0.3) is 0 Å². The first-order valence-corrected chi connectivity index (χ1v) is 11.6. The number of nitrogens with zero attached hydrogens (tertiary/aromatic N) is 2. The number of urea groups is 1. The lowest BCUT2D eigenvalue weighted by atomic mass is 9.98. The molecule has 2 unspecified atom stereocenters. The summed E-state index contributed by atoms with van der Waals surface area (Å²) in [4.78, 5) is 25.3. The maximum Gasteiger partial charge on any atom is 0.315 e. The SMILES string of the molecule is CCC(C)C(NC(=O)NCc1ccccc1)C(=O)Nc1nnc(-c2ccc(Br)cc2)s1. The molecule has 0 radical (unpaired) electrons. The van der Waals surface area contributed by atoms with Crippen LogP contribution in [0.15, 0.2) is 59.1 Å². The van der Waals surface area contributed by atoms with Gasteiger partial charge in [-0.05, 0) is 23.6 Å². The number of anilines is 1. The van der Waals surface area contributed by atoms with Crippen LogP contribution in [0.4, 0.5) is 9.93 Å². The lowest BCUT2D eigenvalue weighted by molar-refractivity contribution is -0.119. The standard InChI is InChI=1S/C22H24BrN5O2S/c1-3-14(2)18(25-21(30)24-13-15-7-5-4-6-8-15)19(29)26-22-28-27-20(31-22)16-9-11-17(23)12-10-16/h4-12,14,18H,3,13H2,1-2H3,(H2,24,25,30)(H,26,28,29). The molecule has 1 aromatic heterocycles. The van der Waals surface area contributed by atoms with Crippen LogP contribution in [0.1, 0.15) is 25.8 Å². The predicted octanol–water partition coefficient (Wildman–Crippen LogP) is 4.82. The second kappa shape index (κ2) is 11.0. The van der Waals surface area contributed by atoms with Crippen LogP contribution >= 0.6 is 27.3 Å². The van der Waals surface area contributed by atoms with Gasteiger partial charge in [-0.2, -0.15) is 0 Å². The maximum absolute atomic E-state index is 12.9. The highest BCUT2D eigenvalue weighted by Gasteiger charge is 2.27. The number of hydrogen-bond acceptors (Lipinski definition) is 5. The first-order chi connectivity index (χ1) is 15.0. The van der Waals surface area contributed by atoms with Gasteiger partial charge in [-0.15, -0.1) is 10.2 Å². The summed E-state index contributed by atoms with van der Waals surface area (Å²) in [7, 11) is 0. The Bertz CT molecular complexity index is 1010. The van der Waals surface area contributed by atoms with E-state index in [0.717, 1.165) is 22.0 Å². The van der Waals surface area contributed by atoms with Crippen LogP contribution in [0.5, 0.6) is 0 Å². The second-order valence-electron chi connectivity index (χ2n) is 7.08. The van der Waals surface area contributed by atoms with Crippen molar-refractivity contribution in [1.82, 2.24) is 20.8 Å². The van der Waals surface area contributed by atoms with E-state index in [0.29, 0.717) is 16.7 Å². The molecule has 2 atom stereocenters. The number of halogens is 1. The van der Waals surface area contributed by atoms with Gasteiger partial charge in [0.2, 0.25) is 11.0 Å². The number of rotatable bonds is 8. The van der Waals surface area contributed by atoms with Crippen molar-refractivity contribution in [3.05, 3.63) is 64.6 Å². The van der Waals surface area contributed by atoms with Gasteiger partial charge in [-0.1, -0.05) is 90.0 Å². The first-order valence-electron chi connectivity index (χ1n) is 9.95. The molecule has 9 heteroatoms. The van der Waals surface area contributed by atoms with Gasteiger partial charge in [-0.25, -0.2) is 4.79 Å². The van der Waals surface area contributed by atoms with E-state index in [-0.39, 0.29) is 11.8 Å². The second-order valence-corrected chi connectivity index (χ2v) is 8.98. The molecule has 3 amide bonds. The van der Waals surface area contributed by atoms with Crippen LogP contribution in [-0.4, -0.2) is 28.2 Å². The highest BCUT2D eigenvalue weighted by atomic mass is 79.9. The van der Waals surface area contributed by atoms with Crippen LogP contribution in [0, 0.1) is 5.92 Å². The summed E-state index contributed by atoms with van der Waals surface area (Å²) in [5, 5.41) is 17.7. The van der Waals surface area contributed by atoms with E-state index >= 15 is 0 Å². The van der Waals surface area contributed by atoms with Crippen molar-refractivity contribution in [1.29, 1.82) is 0 Å². The Kier molecular flexibility index (Phi) is 8.13. The number of carbonyl (C=O) groups excluding carboxylic acids is 2. The minimum absolute atomic E-state index is 0.0543. The average molecular weight is 502 g/mol. The van der Waals surface area contributed by atoms with E-state index in [9.17, 15) is 9.59 Å². The third-order valence-electron chi connectivity index (χ3n) is 4.82. The van der Waals surface area contributed by atoms with E-state index < -0.39 is 12.1 Å². The van der Waals surface area contributed by atoms with Gasteiger partial charge in [0, 0.05) is 16.6 Å². The Balaban J connectivity index is 1.62. The van der Waals surface area contributed by atoms with Crippen LogP contribution in [-0.2, 0) is 11.3 Å². The molecular formula is C22H24BrN5O2S. The molecule has 31 heavy (non-hydrogen) atoms. The zero-order chi connectivity index (χ0) is 22.2. The summed E-state index contributed by atoms with van der Waals surface area (Å²) in [6.07, 6.45) is 0.733. The molecule has 3 aromatic rings. The molecule has 2 aromatic carbocycles. The number of amides is 3. The summed E-state index contributed by atoms with van der Waals surface area (Å²) in [5.41, 5.74) is 1.90. The quantitative estimate of drug-likeness (QED) is 0.412. The van der Waals surface area contributed by atoms with Gasteiger partial charge >= 0.3 is 6.03 Å². The molecule has 3 rings (SSSR count). The zero-order valence-electron chi connectivity index (χ0n) is 17.3. The van der Waals surface area contributed by atoms with Crippen molar-refractivity contribution in [2.75, 3.05) is 5.32 Å². The molecule has 0 saturated heterocycles. The van der Waals surface area contributed by atoms with Gasteiger partial charge in [-0.3, -0.25) is 10.1 Å². The lowest BCUT2D eigenvalue weighted by Gasteiger charge is -2.23. The van der Waals surface area contributed by atoms with Crippen molar-refractivity contribution < 1.29 is 9.59 Å². The van der Waals surface area contributed by atoms with E-state index in [1.165, 1.54) is 11.3 Å². The van der Waals surface area contributed by atoms with E-state index in [1.54, 1.807) is 0 Å². The molecule has 162 valence electrons. The van der Waals surface area contributed by atoms with Gasteiger partial charge in [0.05, 0.1) is 0 Å². The average Bonchev–Trinajstić information content (AvgIpc) is 3.25. The Morgan fingerprint density at radius 2 is 1.77 bits per heavy atom. The molecule has 7 nitrogen and oxygen atoms in total. The summed E-state index contributed by atoms with van der Waals surface area (Å²) in [6, 6.07) is 16.2. The fraction of sp³-hybridized carbons (Fsp3) is 0.273. The van der Waals surface area contributed by atoms with Crippen molar-refractivity contribution in [2.24, 2.45) is 5.92 Å². The van der Waals surface area contributed by atoms with Crippen LogP contribution in [0.3, 0.4) is 0 Å². The Morgan fingerprint density at radius 1 is 1.06 bits per heavy atom. The highest BCUT2D eigenvalue weighted by Crippen LogP contribution is 2.27. The third-order valence-corrected chi connectivity index (χ3v) is 6.24. The molecule has 0 aliphatic rings. The topological polar surface area (TPSA) is 96.0 Å². The molecular weight excluding hydrogens is 478 g/mol. The van der Waals surface area contributed by atoms with E-state index in [4.69, 9.17) is 0 Å². The smallest absolute Gasteiger partial charge is 0.315 e. The van der Waals surface area contributed by atoms with Crippen LogP contribution in [0.2, 0.25) is 0 Å². The monoisotopic (exact) mass is 501 g/mol. The number of benzene rings is 2. The number of nitrogens with one attached hydrogen (secondary N) is 3. The molecule has 0 aliphatic heterocycles. The minimum Gasteiger partial charge on any atom is -0.334 e. The summed E-state index contributed by atoms with van der Waals surface area (Å²) in [5.74, 6) is -0.371. The largest absolute Gasteiger partial charge is 0.334 e. The summed E-state index contributed by atoms with van der Waals surface area (Å²) >= 11 is 4.69. The number of aromatic nitrogens is 2. The van der Waals surface area contributed by atoms with Gasteiger partial charge < -0.3 is 10.6 Å². The normalized spacial score (nSPS) is 12.6.